The van der Waals surface area contributed by atoms with Crippen LogP contribution in [0.1, 0.15) is 60.3 Å². The van der Waals surface area contributed by atoms with Crippen molar-refractivity contribution < 1.29 is 4.79 Å². The second-order valence-electron chi connectivity index (χ2n) is 6.32. The first-order chi connectivity index (χ1) is 7.66. The van der Waals surface area contributed by atoms with E-state index < -0.39 is 0 Å². The molecule has 17 heavy (non-hydrogen) atoms. The molecule has 0 aromatic rings. The number of nitrogens with zero attached hydrogens (tertiary/aromatic N) is 1. The summed E-state index contributed by atoms with van der Waals surface area (Å²) in [6.07, 6.45) is 3.47. The maximum Gasteiger partial charge on any atom is 0.222 e. The third-order valence-corrected chi connectivity index (χ3v) is 3.98. The van der Waals surface area contributed by atoms with E-state index >= 15 is 0 Å². The SMILES string of the molecule is CCC(C)(C)N(C)C(=O)CCC(C)(C)CCN. The molecule has 0 rings (SSSR count). The predicted octanol–water partition coefficient (Wildman–Crippen LogP) is 2.79. The van der Waals surface area contributed by atoms with Gasteiger partial charge in [0.1, 0.15) is 0 Å². The average Bonchev–Trinajstić information content (AvgIpc) is 2.24. The Kier molecular flexibility index (Phi) is 6.17. The summed E-state index contributed by atoms with van der Waals surface area (Å²) in [6.45, 7) is 11.4. The summed E-state index contributed by atoms with van der Waals surface area (Å²) in [6, 6.07) is 0. The summed E-state index contributed by atoms with van der Waals surface area (Å²) in [4.78, 5) is 14.0. The number of nitrogens with two attached hydrogens (primary N) is 1. The van der Waals surface area contributed by atoms with Crippen molar-refractivity contribution in [2.75, 3.05) is 13.6 Å². The summed E-state index contributed by atoms with van der Waals surface area (Å²) in [5.41, 5.74) is 5.70. The molecule has 0 aliphatic rings. The van der Waals surface area contributed by atoms with E-state index in [1.807, 2.05) is 11.9 Å². The topological polar surface area (TPSA) is 46.3 Å². The van der Waals surface area contributed by atoms with Crippen LogP contribution in [-0.2, 0) is 4.79 Å². The zero-order valence-corrected chi connectivity index (χ0v) is 12.5. The lowest BCUT2D eigenvalue weighted by molar-refractivity contribution is -0.135. The summed E-state index contributed by atoms with van der Waals surface area (Å²) in [5, 5.41) is 0. The van der Waals surface area contributed by atoms with Gasteiger partial charge in [0.25, 0.3) is 0 Å². The summed E-state index contributed by atoms with van der Waals surface area (Å²) in [7, 11) is 1.90. The predicted molar refractivity (Wildman–Crippen MR) is 73.8 cm³/mol. The van der Waals surface area contributed by atoms with E-state index in [1.54, 1.807) is 0 Å². The quantitative estimate of drug-likeness (QED) is 0.746. The number of carbonyl (C=O) groups excluding carboxylic acids is 1. The fourth-order valence-electron chi connectivity index (χ4n) is 1.70. The van der Waals surface area contributed by atoms with Crippen molar-refractivity contribution in [3.8, 4) is 0 Å². The maximum atomic E-state index is 12.1. The highest BCUT2D eigenvalue weighted by Crippen LogP contribution is 2.27. The third kappa shape index (κ3) is 5.53. The van der Waals surface area contributed by atoms with E-state index in [4.69, 9.17) is 5.73 Å². The van der Waals surface area contributed by atoms with Crippen molar-refractivity contribution in [1.82, 2.24) is 4.90 Å². The highest BCUT2D eigenvalue weighted by atomic mass is 16.2. The van der Waals surface area contributed by atoms with Crippen LogP contribution in [0, 0.1) is 5.41 Å². The van der Waals surface area contributed by atoms with Crippen LogP contribution in [0.4, 0.5) is 0 Å². The van der Waals surface area contributed by atoms with Crippen molar-refractivity contribution in [2.24, 2.45) is 11.1 Å². The second-order valence-corrected chi connectivity index (χ2v) is 6.32. The van der Waals surface area contributed by atoms with Crippen molar-refractivity contribution in [3.05, 3.63) is 0 Å². The lowest BCUT2D eigenvalue weighted by Gasteiger charge is -2.35. The Labute approximate surface area is 107 Å². The van der Waals surface area contributed by atoms with Crippen LogP contribution in [0.2, 0.25) is 0 Å². The molecule has 1 amide bonds. The first-order valence-corrected chi connectivity index (χ1v) is 6.63. The normalized spacial score (nSPS) is 12.6. The molecule has 0 aromatic heterocycles. The van der Waals surface area contributed by atoms with Gasteiger partial charge in [-0.1, -0.05) is 20.8 Å². The molecule has 3 heteroatoms. The molecule has 0 unspecified atom stereocenters. The van der Waals surface area contributed by atoms with Crippen LogP contribution in [-0.4, -0.2) is 29.9 Å². The Bertz CT molecular complexity index is 247. The van der Waals surface area contributed by atoms with Crippen molar-refractivity contribution in [3.63, 3.8) is 0 Å². The van der Waals surface area contributed by atoms with Crippen LogP contribution < -0.4 is 5.73 Å². The second kappa shape index (κ2) is 6.39. The molecule has 3 nitrogen and oxygen atoms in total. The van der Waals surface area contributed by atoms with Crippen LogP contribution in [0.5, 0.6) is 0 Å². The maximum absolute atomic E-state index is 12.1. The molecule has 0 aliphatic carbocycles. The molecule has 2 N–H and O–H groups in total. The van der Waals surface area contributed by atoms with Gasteiger partial charge >= 0.3 is 0 Å². The number of carbonyl (C=O) groups is 1. The van der Waals surface area contributed by atoms with Crippen molar-refractivity contribution in [1.29, 1.82) is 0 Å². The van der Waals surface area contributed by atoms with Gasteiger partial charge in [-0.25, -0.2) is 0 Å². The highest BCUT2D eigenvalue weighted by Gasteiger charge is 2.27. The van der Waals surface area contributed by atoms with E-state index in [-0.39, 0.29) is 16.9 Å². The smallest absolute Gasteiger partial charge is 0.222 e. The van der Waals surface area contributed by atoms with Gasteiger partial charge in [0, 0.05) is 19.0 Å². The molecule has 0 bridgehead atoms. The Morgan fingerprint density at radius 1 is 1.18 bits per heavy atom. The fraction of sp³-hybridized carbons (Fsp3) is 0.929. The number of rotatable bonds is 7. The molecule has 0 saturated heterocycles. The summed E-state index contributed by atoms with van der Waals surface area (Å²) < 4.78 is 0. The summed E-state index contributed by atoms with van der Waals surface area (Å²) >= 11 is 0. The van der Waals surface area contributed by atoms with Crippen LogP contribution >= 0.6 is 0 Å². The Hall–Kier alpha value is -0.570. The standard InChI is InChI=1S/C14H30N2O/c1-7-14(4,5)16(6)12(17)8-9-13(2,3)10-11-15/h7-11,15H2,1-6H3. The average molecular weight is 242 g/mol. The van der Waals surface area contributed by atoms with Crippen LogP contribution in [0.3, 0.4) is 0 Å². The van der Waals surface area contributed by atoms with E-state index in [1.165, 1.54) is 0 Å². The Morgan fingerprint density at radius 3 is 2.12 bits per heavy atom. The molecular weight excluding hydrogens is 212 g/mol. The van der Waals surface area contributed by atoms with E-state index in [0.717, 1.165) is 19.3 Å². The zero-order valence-electron chi connectivity index (χ0n) is 12.5. The van der Waals surface area contributed by atoms with Gasteiger partial charge in [-0.05, 0) is 45.1 Å². The molecule has 0 spiro atoms. The Morgan fingerprint density at radius 2 is 1.71 bits per heavy atom. The summed E-state index contributed by atoms with van der Waals surface area (Å²) in [5.74, 6) is 0.238. The van der Waals surface area contributed by atoms with E-state index in [9.17, 15) is 4.79 Å². The van der Waals surface area contributed by atoms with Gasteiger partial charge in [0.05, 0.1) is 0 Å². The van der Waals surface area contributed by atoms with Gasteiger partial charge in [-0.15, -0.1) is 0 Å². The molecule has 0 aromatic carbocycles. The van der Waals surface area contributed by atoms with Gasteiger partial charge in [-0.2, -0.15) is 0 Å². The van der Waals surface area contributed by atoms with Gasteiger partial charge in [-0.3, -0.25) is 4.79 Å². The number of amides is 1. The molecule has 0 fully saturated rings. The molecule has 0 radical (unpaired) electrons. The van der Waals surface area contributed by atoms with Gasteiger partial charge < -0.3 is 10.6 Å². The Balaban J connectivity index is 4.28. The van der Waals surface area contributed by atoms with Gasteiger partial charge in [0.2, 0.25) is 5.91 Å². The van der Waals surface area contributed by atoms with Crippen molar-refractivity contribution in [2.45, 2.75) is 65.8 Å². The highest BCUT2D eigenvalue weighted by molar-refractivity contribution is 5.76. The molecule has 0 aliphatic heterocycles. The molecule has 102 valence electrons. The minimum absolute atomic E-state index is 0.0465. The fourth-order valence-corrected chi connectivity index (χ4v) is 1.70. The molecule has 0 heterocycles. The van der Waals surface area contributed by atoms with Gasteiger partial charge in [0.15, 0.2) is 0 Å². The largest absolute Gasteiger partial charge is 0.341 e. The molecular formula is C14H30N2O. The molecule has 0 saturated carbocycles. The molecule has 0 atom stereocenters. The minimum Gasteiger partial charge on any atom is -0.341 e. The number of hydrogen-bond acceptors (Lipinski definition) is 2. The van der Waals surface area contributed by atoms with E-state index in [0.29, 0.717) is 13.0 Å². The first kappa shape index (κ1) is 16.4. The monoisotopic (exact) mass is 242 g/mol. The first-order valence-electron chi connectivity index (χ1n) is 6.63. The zero-order chi connectivity index (χ0) is 13.7. The lowest BCUT2D eigenvalue weighted by Crippen LogP contribution is -2.44. The van der Waals surface area contributed by atoms with Crippen LogP contribution in [0.15, 0.2) is 0 Å². The lowest BCUT2D eigenvalue weighted by atomic mass is 9.84. The van der Waals surface area contributed by atoms with Crippen molar-refractivity contribution >= 4 is 5.91 Å². The minimum atomic E-state index is -0.0465. The third-order valence-electron chi connectivity index (χ3n) is 3.98. The number of hydrogen-bond donors (Lipinski definition) is 1. The van der Waals surface area contributed by atoms with Crippen LogP contribution in [0.25, 0.3) is 0 Å². The van der Waals surface area contributed by atoms with E-state index in [2.05, 4.69) is 34.6 Å².